The fraction of sp³-hybridized carbons (Fsp3) is 0.316. The number of carbonyl (C=O) groups is 2. The second kappa shape index (κ2) is 9.06. The molecule has 8 heteroatoms. The van der Waals surface area contributed by atoms with Crippen molar-refractivity contribution in [2.75, 3.05) is 14.1 Å². The molecule has 0 spiro atoms. The molecule has 6 nitrogen and oxygen atoms in total. The number of carbonyl (C=O) groups excluding carboxylic acids is 2. The van der Waals surface area contributed by atoms with Crippen molar-refractivity contribution >= 4 is 41.2 Å². The van der Waals surface area contributed by atoms with E-state index in [1.54, 1.807) is 37.8 Å². The molecule has 1 aromatic heterocycles. The molecular weight excluding hydrogens is 389 g/mol. The minimum atomic E-state index is -0.860. The standard InChI is InChI=1S/C19H21Cl2N3O3/c1-12-16(9-10-17(25)27-13(2)19(26)23(3)4)18(21)24(22-12)11-14-5-7-15(20)8-6-14/h5-10,13H,11H2,1-4H3/b10-9+/t13-/m0/s1. The largest absolute Gasteiger partial charge is 0.449 e. The van der Waals surface area contributed by atoms with Gasteiger partial charge in [0.2, 0.25) is 0 Å². The van der Waals surface area contributed by atoms with E-state index in [1.807, 2.05) is 12.1 Å². The highest BCUT2D eigenvalue weighted by molar-refractivity contribution is 6.31. The summed E-state index contributed by atoms with van der Waals surface area (Å²) in [4.78, 5) is 25.0. The molecule has 2 rings (SSSR count). The smallest absolute Gasteiger partial charge is 0.331 e. The van der Waals surface area contributed by atoms with Crippen LogP contribution in [-0.4, -0.2) is 46.8 Å². The van der Waals surface area contributed by atoms with Crippen molar-refractivity contribution in [3.05, 3.63) is 57.3 Å². The van der Waals surface area contributed by atoms with Gasteiger partial charge in [-0.25, -0.2) is 9.48 Å². The molecule has 1 atom stereocenters. The van der Waals surface area contributed by atoms with Crippen LogP contribution in [0.4, 0.5) is 0 Å². The van der Waals surface area contributed by atoms with Gasteiger partial charge in [0.1, 0.15) is 5.15 Å². The van der Waals surface area contributed by atoms with Crippen molar-refractivity contribution < 1.29 is 14.3 Å². The number of aryl methyl sites for hydroxylation is 1. The van der Waals surface area contributed by atoms with Crippen molar-refractivity contribution in [3.63, 3.8) is 0 Å². The van der Waals surface area contributed by atoms with Crippen molar-refractivity contribution in [1.29, 1.82) is 0 Å². The lowest BCUT2D eigenvalue weighted by atomic mass is 10.2. The van der Waals surface area contributed by atoms with Crippen LogP contribution < -0.4 is 0 Å². The van der Waals surface area contributed by atoms with Gasteiger partial charge in [-0.1, -0.05) is 35.3 Å². The molecule has 1 heterocycles. The summed E-state index contributed by atoms with van der Waals surface area (Å²) in [7, 11) is 3.20. The Morgan fingerprint density at radius 3 is 2.48 bits per heavy atom. The second-order valence-corrected chi connectivity index (χ2v) is 7.01. The van der Waals surface area contributed by atoms with Crippen LogP contribution in [0.5, 0.6) is 0 Å². The van der Waals surface area contributed by atoms with Gasteiger partial charge in [-0.2, -0.15) is 5.10 Å². The summed E-state index contributed by atoms with van der Waals surface area (Å²) in [6.45, 7) is 3.80. The van der Waals surface area contributed by atoms with Crippen LogP contribution in [0.3, 0.4) is 0 Å². The molecule has 0 radical (unpaired) electrons. The number of ether oxygens (including phenoxy) is 1. The fourth-order valence-electron chi connectivity index (χ4n) is 2.40. The average Bonchev–Trinajstić information content (AvgIpc) is 2.87. The van der Waals surface area contributed by atoms with Crippen LogP contribution in [0.25, 0.3) is 6.08 Å². The lowest BCUT2D eigenvalue weighted by Gasteiger charge is -2.16. The van der Waals surface area contributed by atoms with E-state index in [1.165, 1.54) is 24.0 Å². The number of nitrogens with zero attached hydrogens (tertiary/aromatic N) is 3. The summed E-state index contributed by atoms with van der Waals surface area (Å²) < 4.78 is 6.73. The molecule has 0 unspecified atom stereocenters. The molecule has 0 fully saturated rings. The van der Waals surface area contributed by atoms with Gasteiger partial charge in [0, 0.05) is 30.8 Å². The SMILES string of the molecule is Cc1nn(Cc2ccc(Cl)cc2)c(Cl)c1/C=C/C(=O)O[C@@H](C)C(=O)N(C)C. The van der Waals surface area contributed by atoms with Crippen LogP contribution >= 0.6 is 23.2 Å². The number of rotatable bonds is 6. The Morgan fingerprint density at radius 2 is 1.89 bits per heavy atom. The Kier molecular flexibility index (Phi) is 7.05. The van der Waals surface area contributed by atoms with E-state index < -0.39 is 12.1 Å². The molecule has 0 bridgehead atoms. The van der Waals surface area contributed by atoms with Gasteiger partial charge in [0.05, 0.1) is 12.2 Å². The molecule has 27 heavy (non-hydrogen) atoms. The molecule has 1 aromatic carbocycles. The zero-order valence-corrected chi connectivity index (χ0v) is 17.1. The van der Waals surface area contributed by atoms with Gasteiger partial charge in [-0.3, -0.25) is 4.79 Å². The predicted octanol–water partition coefficient (Wildman–Crippen LogP) is 3.58. The van der Waals surface area contributed by atoms with Gasteiger partial charge in [0.25, 0.3) is 5.91 Å². The third kappa shape index (κ3) is 5.58. The average molecular weight is 410 g/mol. The lowest BCUT2D eigenvalue weighted by Crippen LogP contribution is -2.34. The highest BCUT2D eigenvalue weighted by Gasteiger charge is 2.18. The van der Waals surface area contributed by atoms with E-state index in [-0.39, 0.29) is 5.91 Å². The van der Waals surface area contributed by atoms with Crippen molar-refractivity contribution in [1.82, 2.24) is 14.7 Å². The first-order valence-corrected chi connectivity index (χ1v) is 9.02. The summed E-state index contributed by atoms with van der Waals surface area (Å²) in [5.41, 5.74) is 2.29. The summed E-state index contributed by atoms with van der Waals surface area (Å²) in [5.74, 6) is -0.916. The van der Waals surface area contributed by atoms with E-state index in [9.17, 15) is 9.59 Å². The molecule has 144 valence electrons. The summed E-state index contributed by atoms with van der Waals surface area (Å²) in [6, 6.07) is 7.39. The monoisotopic (exact) mass is 409 g/mol. The van der Waals surface area contributed by atoms with Crippen molar-refractivity contribution in [3.8, 4) is 0 Å². The molecule has 0 saturated carbocycles. The maximum atomic E-state index is 11.9. The van der Waals surface area contributed by atoms with E-state index >= 15 is 0 Å². The summed E-state index contributed by atoms with van der Waals surface area (Å²) in [6.07, 6.45) is 1.92. The Balaban J connectivity index is 2.09. The van der Waals surface area contributed by atoms with Crippen molar-refractivity contribution in [2.24, 2.45) is 0 Å². The molecule has 0 aliphatic rings. The number of benzene rings is 1. The fourth-order valence-corrected chi connectivity index (χ4v) is 2.83. The first-order chi connectivity index (χ1) is 12.7. The summed E-state index contributed by atoms with van der Waals surface area (Å²) >= 11 is 12.3. The molecule has 0 N–H and O–H groups in total. The molecular formula is C19H21Cl2N3O3. The number of halogens is 2. The highest BCUT2D eigenvalue weighted by atomic mass is 35.5. The molecule has 0 aliphatic carbocycles. The normalized spacial score (nSPS) is 12.2. The minimum absolute atomic E-state index is 0.290. The van der Waals surface area contributed by atoms with E-state index in [0.29, 0.717) is 28.0 Å². The summed E-state index contributed by atoms with van der Waals surface area (Å²) in [5, 5.41) is 5.47. The lowest BCUT2D eigenvalue weighted by molar-refractivity contribution is -0.153. The van der Waals surface area contributed by atoms with Gasteiger partial charge in [-0.05, 0) is 37.6 Å². The zero-order chi connectivity index (χ0) is 20.1. The Hall–Kier alpha value is -2.31. The zero-order valence-electron chi connectivity index (χ0n) is 15.6. The van der Waals surface area contributed by atoms with Gasteiger partial charge < -0.3 is 9.64 Å². The van der Waals surface area contributed by atoms with E-state index in [2.05, 4.69) is 5.10 Å². The molecule has 2 aromatic rings. The van der Waals surface area contributed by atoms with E-state index in [4.69, 9.17) is 27.9 Å². The number of esters is 1. The Labute approximate surface area is 168 Å². The van der Waals surface area contributed by atoms with Gasteiger partial charge in [0.15, 0.2) is 6.10 Å². The van der Waals surface area contributed by atoms with E-state index in [0.717, 1.165) is 5.56 Å². The molecule has 1 amide bonds. The molecule has 0 aliphatic heterocycles. The number of hydrogen-bond acceptors (Lipinski definition) is 4. The second-order valence-electron chi connectivity index (χ2n) is 6.22. The topological polar surface area (TPSA) is 64.4 Å². The first-order valence-electron chi connectivity index (χ1n) is 8.26. The van der Waals surface area contributed by atoms with Crippen molar-refractivity contribution in [2.45, 2.75) is 26.5 Å². The molecule has 0 saturated heterocycles. The minimum Gasteiger partial charge on any atom is -0.449 e. The van der Waals surface area contributed by atoms with Crippen LogP contribution in [0.1, 0.15) is 23.7 Å². The van der Waals surface area contributed by atoms with Crippen LogP contribution in [0.2, 0.25) is 10.2 Å². The number of amides is 1. The Morgan fingerprint density at radius 1 is 1.26 bits per heavy atom. The quantitative estimate of drug-likeness (QED) is 0.540. The first kappa shape index (κ1) is 21.0. The predicted molar refractivity (Wildman–Crippen MR) is 106 cm³/mol. The maximum absolute atomic E-state index is 11.9. The number of aromatic nitrogens is 2. The number of hydrogen-bond donors (Lipinski definition) is 0. The Bertz CT molecular complexity index is 858. The third-order valence-electron chi connectivity index (χ3n) is 3.82. The van der Waals surface area contributed by atoms with Crippen LogP contribution in [0.15, 0.2) is 30.3 Å². The van der Waals surface area contributed by atoms with Crippen LogP contribution in [0, 0.1) is 6.92 Å². The number of likely N-dealkylation sites (N-methyl/N-ethyl adjacent to an activating group) is 1. The van der Waals surface area contributed by atoms with Gasteiger partial charge >= 0.3 is 5.97 Å². The third-order valence-corrected chi connectivity index (χ3v) is 4.47. The van der Waals surface area contributed by atoms with Crippen LogP contribution in [-0.2, 0) is 20.9 Å². The maximum Gasteiger partial charge on any atom is 0.331 e. The highest BCUT2D eigenvalue weighted by Crippen LogP contribution is 2.23. The van der Waals surface area contributed by atoms with Gasteiger partial charge in [-0.15, -0.1) is 0 Å².